The van der Waals surface area contributed by atoms with Gasteiger partial charge in [0.1, 0.15) is 5.75 Å². The molecule has 0 amide bonds. The molecule has 2 aliphatic rings. The van der Waals surface area contributed by atoms with Crippen LogP contribution in [0.4, 0.5) is 0 Å². The van der Waals surface area contributed by atoms with E-state index in [0.717, 1.165) is 12.3 Å². The van der Waals surface area contributed by atoms with E-state index < -0.39 is 0 Å². The zero-order chi connectivity index (χ0) is 14.0. The summed E-state index contributed by atoms with van der Waals surface area (Å²) < 4.78 is 5.59. The van der Waals surface area contributed by atoms with E-state index in [1.807, 2.05) is 0 Å². The first-order chi connectivity index (χ1) is 9.80. The second kappa shape index (κ2) is 5.77. The Hall–Kier alpha value is -1.02. The molecule has 0 bridgehead atoms. The number of rotatable bonds is 3. The molecule has 3 rings (SSSR count). The second-order valence-corrected chi connectivity index (χ2v) is 6.52. The van der Waals surface area contributed by atoms with Gasteiger partial charge < -0.3 is 10.5 Å². The van der Waals surface area contributed by atoms with Gasteiger partial charge in [0.2, 0.25) is 0 Å². The molecule has 0 unspecified atom stereocenters. The van der Waals surface area contributed by atoms with Crippen LogP contribution in [-0.2, 0) is 18.3 Å². The smallest absolute Gasteiger partial charge is 0.122 e. The molecule has 0 aromatic heterocycles. The quantitative estimate of drug-likeness (QED) is 0.910. The molecule has 1 aromatic rings. The number of hydrogen-bond donors (Lipinski definition) is 1. The summed E-state index contributed by atoms with van der Waals surface area (Å²) in [5, 5.41) is 0. The van der Waals surface area contributed by atoms with Gasteiger partial charge in [0, 0.05) is 12.0 Å². The lowest BCUT2D eigenvalue weighted by Crippen LogP contribution is -2.38. The molecule has 1 saturated carbocycles. The molecule has 1 fully saturated rings. The molecule has 2 heteroatoms. The lowest BCUT2D eigenvalue weighted by molar-refractivity contribution is 0.297. The standard InChI is InChI=1S/C18H27NO/c1-20-17-10-9-16(14-7-3-4-8-15(14)17)18(13-19)11-5-2-6-12-18/h9-10H,2-8,11-13,19H2,1H3. The minimum Gasteiger partial charge on any atom is -0.496 e. The summed E-state index contributed by atoms with van der Waals surface area (Å²) in [6.07, 6.45) is 11.6. The summed E-state index contributed by atoms with van der Waals surface area (Å²) >= 11 is 0. The minimum atomic E-state index is 0.242. The highest BCUT2D eigenvalue weighted by Gasteiger charge is 2.35. The summed E-state index contributed by atoms with van der Waals surface area (Å²) in [6.45, 7) is 0.797. The molecule has 0 radical (unpaired) electrons. The number of nitrogens with two attached hydrogens (primary N) is 1. The van der Waals surface area contributed by atoms with Crippen molar-refractivity contribution >= 4 is 0 Å². The largest absolute Gasteiger partial charge is 0.496 e. The van der Waals surface area contributed by atoms with Gasteiger partial charge >= 0.3 is 0 Å². The first-order valence-corrected chi connectivity index (χ1v) is 8.20. The van der Waals surface area contributed by atoms with Crippen molar-refractivity contribution in [2.45, 2.75) is 63.2 Å². The van der Waals surface area contributed by atoms with Gasteiger partial charge in [0.05, 0.1) is 7.11 Å². The van der Waals surface area contributed by atoms with Crippen LogP contribution in [-0.4, -0.2) is 13.7 Å². The van der Waals surface area contributed by atoms with Gasteiger partial charge in [0.25, 0.3) is 0 Å². The van der Waals surface area contributed by atoms with E-state index in [9.17, 15) is 0 Å². The SMILES string of the molecule is COc1ccc(C2(CN)CCCCC2)c2c1CCCC2. The van der Waals surface area contributed by atoms with Crippen LogP contribution in [0, 0.1) is 0 Å². The molecule has 0 spiro atoms. The molecule has 1 aromatic carbocycles. The van der Waals surface area contributed by atoms with E-state index in [4.69, 9.17) is 10.5 Å². The third kappa shape index (κ3) is 2.24. The van der Waals surface area contributed by atoms with Crippen LogP contribution < -0.4 is 10.5 Å². The molecule has 0 atom stereocenters. The van der Waals surface area contributed by atoms with Gasteiger partial charge in [-0.05, 0) is 61.3 Å². The van der Waals surface area contributed by atoms with Crippen molar-refractivity contribution < 1.29 is 4.74 Å². The summed E-state index contributed by atoms with van der Waals surface area (Å²) in [5.74, 6) is 1.09. The van der Waals surface area contributed by atoms with E-state index in [1.165, 1.54) is 63.4 Å². The van der Waals surface area contributed by atoms with E-state index in [-0.39, 0.29) is 5.41 Å². The molecule has 2 N–H and O–H groups in total. The number of methoxy groups -OCH3 is 1. The lowest BCUT2D eigenvalue weighted by Gasteiger charge is -2.39. The first kappa shape index (κ1) is 13.9. The topological polar surface area (TPSA) is 35.2 Å². The molecule has 0 saturated heterocycles. The van der Waals surface area contributed by atoms with Crippen LogP contribution in [0.1, 0.15) is 61.6 Å². The molecule has 2 nitrogen and oxygen atoms in total. The van der Waals surface area contributed by atoms with Gasteiger partial charge in [-0.3, -0.25) is 0 Å². The van der Waals surface area contributed by atoms with E-state index in [0.29, 0.717) is 0 Å². The van der Waals surface area contributed by atoms with E-state index >= 15 is 0 Å². The van der Waals surface area contributed by atoms with Crippen molar-refractivity contribution in [1.29, 1.82) is 0 Å². The van der Waals surface area contributed by atoms with E-state index in [1.54, 1.807) is 18.2 Å². The lowest BCUT2D eigenvalue weighted by atomic mass is 9.66. The Balaban J connectivity index is 2.08. The maximum atomic E-state index is 6.24. The van der Waals surface area contributed by atoms with Crippen molar-refractivity contribution in [1.82, 2.24) is 0 Å². The van der Waals surface area contributed by atoms with Gasteiger partial charge in [-0.2, -0.15) is 0 Å². The average molecular weight is 273 g/mol. The summed E-state index contributed by atoms with van der Waals surface area (Å²) in [5.41, 5.74) is 11.1. The van der Waals surface area contributed by atoms with Crippen LogP contribution in [0.25, 0.3) is 0 Å². The van der Waals surface area contributed by atoms with Crippen LogP contribution in [0.2, 0.25) is 0 Å². The zero-order valence-corrected chi connectivity index (χ0v) is 12.7. The Labute approximate surface area is 122 Å². The predicted molar refractivity (Wildman–Crippen MR) is 83.5 cm³/mol. The van der Waals surface area contributed by atoms with Crippen LogP contribution in [0.3, 0.4) is 0 Å². The number of benzene rings is 1. The zero-order valence-electron chi connectivity index (χ0n) is 12.7. The highest BCUT2D eigenvalue weighted by molar-refractivity contribution is 5.49. The Kier molecular flexibility index (Phi) is 4.02. The summed E-state index contributed by atoms with van der Waals surface area (Å²) in [7, 11) is 1.79. The van der Waals surface area contributed by atoms with E-state index in [2.05, 4.69) is 12.1 Å². The average Bonchev–Trinajstić information content (AvgIpc) is 2.54. The maximum absolute atomic E-state index is 6.24. The fourth-order valence-corrected chi connectivity index (χ4v) is 4.33. The fraction of sp³-hybridized carbons (Fsp3) is 0.667. The number of ether oxygens (including phenoxy) is 1. The van der Waals surface area contributed by atoms with Crippen molar-refractivity contribution in [3.05, 3.63) is 28.8 Å². The second-order valence-electron chi connectivity index (χ2n) is 6.52. The number of hydrogen-bond acceptors (Lipinski definition) is 2. The molecule has 0 aliphatic heterocycles. The van der Waals surface area contributed by atoms with Crippen LogP contribution in [0.15, 0.2) is 12.1 Å². The van der Waals surface area contributed by atoms with Crippen molar-refractivity contribution in [2.24, 2.45) is 5.73 Å². The molecule has 110 valence electrons. The van der Waals surface area contributed by atoms with Gasteiger partial charge in [-0.25, -0.2) is 0 Å². The van der Waals surface area contributed by atoms with Gasteiger partial charge in [0.15, 0.2) is 0 Å². The number of fused-ring (bicyclic) bond motifs is 1. The Morgan fingerprint density at radius 3 is 2.35 bits per heavy atom. The first-order valence-electron chi connectivity index (χ1n) is 8.20. The summed E-state index contributed by atoms with van der Waals surface area (Å²) in [4.78, 5) is 0. The van der Waals surface area contributed by atoms with Gasteiger partial charge in [-0.1, -0.05) is 25.3 Å². The van der Waals surface area contributed by atoms with Crippen molar-refractivity contribution in [3.63, 3.8) is 0 Å². The van der Waals surface area contributed by atoms with Crippen molar-refractivity contribution in [3.8, 4) is 5.75 Å². The highest BCUT2D eigenvalue weighted by atomic mass is 16.5. The normalized spacial score (nSPS) is 21.3. The van der Waals surface area contributed by atoms with Crippen LogP contribution in [0.5, 0.6) is 5.75 Å². The monoisotopic (exact) mass is 273 g/mol. The Morgan fingerprint density at radius 1 is 1.00 bits per heavy atom. The van der Waals surface area contributed by atoms with Crippen LogP contribution >= 0.6 is 0 Å². The van der Waals surface area contributed by atoms with Gasteiger partial charge in [-0.15, -0.1) is 0 Å². The molecular weight excluding hydrogens is 246 g/mol. The third-order valence-electron chi connectivity index (χ3n) is 5.48. The summed E-state index contributed by atoms with van der Waals surface area (Å²) in [6, 6.07) is 4.51. The molecule has 2 aliphatic carbocycles. The Bertz CT molecular complexity index is 475. The van der Waals surface area contributed by atoms with Crippen molar-refractivity contribution in [2.75, 3.05) is 13.7 Å². The Morgan fingerprint density at radius 2 is 1.70 bits per heavy atom. The molecular formula is C18H27NO. The molecule has 20 heavy (non-hydrogen) atoms. The maximum Gasteiger partial charge on any atom is 0.122 e. The minimum absolute atomic E-state index is 0.242. The highest BCUT2D eigenvalue weighted by Crippen LogP contribution is 2.44. The molecule has 0 heterocycles. The predicted octanol–water partition coefficient (Wildman–Crippen LogP) is 3.73. The third-order valence-corrected chi connectivity index (χ3v) is 5.48. The fourth-order valence-electron chi connectivity index (χ4n) is 4.33.